The number of carbonyl (C=O) groups excluding carboxylic acids is 2. The Morgan fingerprint density at radius 2 is 1.69 bits per heavy atom. The Balaban J connectivity index is 1.19. The van der Waals surface area contributed by atoms with Gasteiger partial charge >= 0.3 is 6.09 Å². The molecule has 2 atom stereocenters. The first-order valence-corrected chi connectivity index (χ1v) is 11.6. The predicted molar refractivity (Wildman–Crippen MR) is 122 cm³/mol. The first-order chi connectivity index (χ1) is 15.6. The monoisotopic (exact) mass is 436 g/mol. The third kappa shape index (κ3) is 5.30. The predicted octanol–water partition coefficient (Wildman–Crippen LogP) is 4.56. The molecule has 170 valence electrons. The lowest BCUT2D eigenvalue weighted by atomic mass is 9.98. The highest BCUT2D eigenvalue weighted by atomic mass is 16.6. The third-order valence-electron chi connectivity index (χ3n) is 6.45. The largest absolute Gasteiger partial charge is 0.439 e. The minimum atomic E-state index is -0.244. The number of ether oxygens (including phenoxy) is 2. The van der Waals surface area contributed by atoms with Crippen molar-refractivity contribution >= 4 is 12.0 Å². The normalized spacial score (nSPS) is 21.6. The van der Waals surface area contributed by atoms with Gasteiger partial charge < -0.3 is 14.4 Å². The Labute approximate surface area is 190 Å². The van der Waals surface area contributed by atoms with Crippen molar-refractivity contribution in [2.24, 2.45) is 0 Å². The molecule has 2 aromatic rings. The van der Waals surface area contributed by atoms with E-state index in [0.717, 1.165) is 30.4 Å². The second-order valence-corrected chi connectivity index (χ2v) is 8.62. The molecule has 32 heavy (non-hydrogen) atoms. The molecule has 6 nitrogen and oxygen atoms in total. The number of cyclic esters (lactones) is 1. The minimum absolute atomic E-state index is 0.0149. The molecule has 0 spiro atoms. The summed E-state index contributed by atoms with van der Waals surface area (Å²) >= 11 is 0. The smallest absolute Gasteiger partial charge is 0.411 e. The van der Waals surface area contributed by atoms with Crippen LogP contribution in [0.2, 0.25) is 0 Å². The highest BCUT2D eigenvalue weighted by Gasteiger charge is 2.44. The maximum atomic E-state index is 12.6. The van der Waals surface area contributed by atoms with E-state index in [9.17, 15) is 9.59 Å². The van der Waals surface area contributed by atoms with Gasteiger partial charge in [-0.15, -0.1) is 0 Å². The standard InChI is InChI=1S/C26H32N2O4/c1-20-25(22-11-6-3-7-12-22)32-26(30)28(20)23-14-16-27(17-15-23)24(29)13-8-18-31-19-21-9-4-2-5-10-21/h2-7,9-12,20,23,25H,8,13-19H2,1H3/t20-,25-/m1/s1. The molecule has 2 amide bonds. The number of piperidine rings is 1. The summed E-state index contributed by atoms with van der Waals surface area (Å²) in [6, 6.07) is 20.1. The molecule has 0 unspecified atom stereocenters. The second-order valence-electron chi connectivity index (χ2n) is 8.62. The van der Waals surface area contributed by atoms with Crippen LogP contribution in [0.3, 0.4) is 0 Å². The molecule has 0 radical (unpaired) electrons. The average molecular weight is 437 g/mol. The van der Waals surface area contributed by atoms with E-state index in [0.29, 0.717) is 32.7 Å². The van der Waals surface area contributed by atoms with Gasteiger partial charge in [0.1, 0.15) is 6.10 Å². The number of likely N-dealkylation sites (tertiary alicyclic amines) is 1. The van der Waals surface area contributed by atoms with E-state index >= 15 is 0 Å². The van der Waals surface area contributed by atoms with Crippen molar-refractivity contribution in [1.29, 1.82) is 0 Å². The van der Waals surface area contributed by atoms with Crippen molar-refractivity contribution in [3.8, 4) is 0 Å². The van der Waals surface area contributed by atoms with Gasteiger partial charge in [0.2, 0.25) is 5.91 Å². The fraction of sp³-hybridized carbons (Fsp3) is 0.462. The van der Waals surface area contributed by atoms with E-state index in [1.165, 1.54) is 0 Å². The Morgan fingerprint density at radius 3 is 2.38 bits per heavy atom. The summed E-state index contributed by atoms with van der Waals surface area (Å²) in [6.07, 6.45) is 2.32. The lowest BCUT2D eigenvalue weighted by Gasteiger charge is -2.37. The molecule has 2 aromatic carbocycles. The first-order valence-electron chi connectivity index (χ1n) is 11.6. The van der Waals surface area contributed by atoms with E-state index < -0.39 is 0 Å². The van der Waals surface area contributed by atoms with Gasteiger partial charge in [0.25, 0.3) is 0 Å². The van der Waals surface area contributed by atoms with Gasteiger partial charge in [-0.1, -0.05) is 60.7 Å². The van der Waals surface area contributed by atoms with Crippen LogP contribution < -0.4 is 0 Å². The number of amides is 2. The van der Waals surface area contributed by atoms with Gasteiger partial charge in [0, 0.05) is 32.2 Å². The molecule has 2 heterocycles. The molecule has 2 saturated heterocycles. The molecular formula is C26H32N2O4. The van der Waals surface area contributed by atoms with Crippen LogP contribution in [0.5, 0.6) is 0 Å². The zero-order valence-electron chi connectivity index (χ0n) is 18.7. The summed E-state index contributed by atoms with van der Waals surface area (Å²) in [4.78, 5) is 29.0. The minimum Gasteiger partial charge on any atom is -0.439 e. The summed E-state index contributed by atoms with van der Waals surface area (Å²) in [5, 5.41) is 0. The molecule has 0 aromatic heterocycles. The van der Waals surface area contributed by atoms with Crippen molar-refractivity contribution in [3.05, 3.63) is 71.8 Å². The summed E-state index contributed by atoms with van der Waals surface area (Å²) in [7, 11) is 0. The van der Waals surface area contributed by atoms with Crippen molar-refractivity contribution in [3.63, 3.8) is 0 Å². The lowest BCUT2D eigenvalue weighted by molar-refractivity contribution is -0.133. The molecule has 0 bridgehead atoms. The van der Waals surface area contributed by atoms with Crippen molar-refractivity contribution in [2.75, 3.05) is 19.7 Å². The average Bonchev–Trinajstić information content (AvgIpc) is 3.14. The van der Waals surface area contributed by atoms with E-state index in [4.69, 9.17) is 9.47 Å². The molecule has 2 fully saturated rings. The van der Waals surface area contributed by atoms with Crippen LogP contribution in [0, 0.1) is 0 Å². The van der Waals surface area contributed by atoms with E-state index in [1.807, 2.05) is 70.5 Å². The van der Waals surface area contributed by atoms with Crippen LogP contribution in [-0.4, -0.2) is 53.6 Å². The number of hydrogen-bond donors (Lipinski definition) is 0. The topological polar surface area (TPSA) is 59.1 Å². The number of hydrogen-bond acceptors (Lipinski definition) is 4. The summed E-state index contributed by atoms with van der Waals surface area (Å²) in [6.45, 7) is 4.57. The first kappa shape index (κ1) is 22.3. The Kier molecular flexibility index (Phi) is 7.43. The molecule has 0 aliphatic carbocycles. The molecule has 2 aliphatic rings. The lowest BCUT2D eigenvalue weighted by Crippen LogP contribution is -2.49. The van der Waals surface area contributed by atoms with Gasteiger partial charge in [-0.05, 0) is 37.3 Å². The second kappa shape index (κ2) is 10.6. The molecule has 0 N–H and O–H groups in total. The Morgan fingerprint density at radius 1 is 1.03 bits per heavy atom. The Hall–Kier alpha value is -2.86. The highest BCUT2D eigenvalue weighted by Crippen LogP contribution is 2.35. The maximum Gasteiger partial charge on any atom is 0.411 e. The molecule has 6 heteroatoms. The quantitative estimate of drug-likeness (QED) is 0.570. The molecular weight excluding hydrogens is 404 g/mol. The SMILES string of the molecule is C[C@@H]1[C@H](c2ccccc2)OC(=O)N1C1CCN(C(=O)CCCOCc2ccccc2)CC1. The highest BCUT2D eigenvalue weighted by molar-refractivity contribution is 5.76. The number of carbonyl (C=O) groups is 2. The van der Waals surface area contributed by atoms with Crippen LogP contribution in [-0.2, 0) is 20.9 Å². The fourth-order valence-corrected chi connectivity index (χ4v) is 4.69. The van der Waals surface area contributed by atoms with Crippen LogP contribution in [0.15, 0.2) is 60.7 Å². The van der Waals surface area contributed by atoms with Crippen LogP contribution in [0.4, 0.5) is 4.79 Å². The molecule has 0 saturated carbocycles. The van der Waals surface area contributed by atoms with Gasteiger partial charge in [0.15, 0.2) is 0 Å². The summed E-state index contributed by atoms with van der Waals surface area (Å²) in [5.41, 5.74) is 2.17. The number of rotatable bonds is 8. The van der Waals surface area contributed by atoms with Crippen LogP contribution in [0.25, 0.3) is 0 Å². The van der Waals surface area contributed by atoms with E-state index in [-0.39, 0.29) is 30.2 Å². The van der Waals surface area contributed by atoms with Gasteiger partial charge in [0.05, 0.1) is 12.6 Å². The third-order valence-corrected chi connectivity index (χ3v) is 6.45. The van der Waals surface area contributed by atoms with Gasteiger partial charge in [-0.3, -0.25) is 9.69 Å². The number of nitrogens with zero attached hydrogens (tertiary/aromatic N) is 2. The summed E-state index contributed by atoms with van der Waals surface area (Å²) < 4.78 is 11.4. The summed E-state index contributed by atoms with van der Waals surface area (Å²) in [5.74, 6) is 0.172. The maximum absolute atomic E-state index is 12.6. The Bertz CT molecular complexity index is 881. The zero-order chi connectivity index (χ0) is 22.3. The molecule has 2 aliphatic heterocycles. The van der Waals surface area contributed by atoms with Crippen molar-refractivity contribution in [1.82, 2.24) is 9.80 Å². The fourth-order valence-electron chi connectivity index (χ4n) is 4.69. The van der Waals surface area contributed by atoms with Gasteiger partial charge in [-0.25, -0.2) is 4.79 Å². The zero-order valence-corrected chi connectivity index (χ0v) is 18.7. The van der Waals surface area contributed by atoms with Gasteiger partial charge in [-0.2, -0.15) is 0 Å². The van der Waals surface area contributed by atoms with Crippen molar-refractivity contribution < 1.29 is 19.1 Å². The van der Waals surface area contributed by atoms with E-state index in [1.54, 1.807) is 0 Å². The van der Waals surface area contributed by atoms with Crippen LogP contribution in [0.1, 0.15) is 49.8 Å². The molecule has 4 rings (SSSR count). The number of benzene rings is 2. The van der Waals surface area contributed by atoms with E-state index in [2.05, 4.69) is 6.92 Å². The van der Waals surface area contributed by atoms with Crippen molar-refractivity contribution in [2.45, 2.75) is 57.4 Å². The van der Waals surface area contributed by atoms with Crippen LogP contribution >= 0.6 is 0 Å².